The van der Waals surface area contributed by atoms with Crippen LogP contribution in [0, 0.1) is 23.2 Å². The van der Waals surface area contributed by atoms with E-state index in [1.54, 1.807) is 24.3 Å². The lowest BCUT2D eigenvalue weighted by molar-refractivity contribution is 0.293. The van der Waals surface area contributed by atoms with Crippen LogP contribution in [0.25, 0.3) is 10.9 Å². The van der Waals surface area contributed by atoms with E-state index < -0.39 is 0 Å². The molecule has 1 fully saturated rings. The first-order chi connectivity index (χ1) is 15.5. The normalized spacial score (nSPS) is 19.9. The third kappa shape index (κ3) is 5.17. The summed E-state index contributed by atoms with van der Waals surface area (Å²) in [5, 5.41) is 16.5. The molecule has 2 aromatic carbocycles. The van der Waals surface area contributed by atoms with Gasteiger partial charge in [0.15, 0.2) is 6.19 Å². The van der Waals surface area contributed by atoms with Crippen molar-refractivity contribution in [2.24, 2.45) is 10.9 Å². The van der Waals surface area contributed by atoms with E-state index in [1.165, 1.54) is 11.6 Å². The van der Waals surface area contributed by atoms with Crippen LogP contribution in [0.2, 0.25) is 5.02 Å². The van der Waals surface area contributed by atoms with Gasteiger partial charge >= 0.3 is 0 Å². The zero-order chi connectivity index (χ0) is 22.5. The molecule has 0 amide bonds. The van der Waals surface area contributed by atoms with Gasteiger partial charge in [-0.1, -0.05) is 11.6 Å². The lowest BCUT2D eigenvalue weighted by Gasteiger charge is -2.31. The minimum atomic E-state index is -0.228. The van der Waals surface area contributed by atoms with Crippen LogP contribution in [0.15, 0.2) is 59.7 Å². The van der Waals surface area contributed by atoms with Gasteiger partial charge in [-0.25, -0.2) is 9.38 Å². The SMILES string of the molecule is CC(N=C(NC#N)Nc1ccc(Cl)cc1)C1CCC(c2ccnc3ccc(F)cc23)CC1. The predicted molar refractivity (Wildman–Crippen MR) is 127 cm³/mol. The Kier molecular flexibility index (Phi) is 6.87. The van der Waals surface area contributed by atoms with Crippen molar-refractivity contribution in [3.8, 4) is 6.19 Å². The molecule has 1 atom stereocenters. The average Bonchev–Trinajstić information content (AvgIpc) is 2.80. The number of hydrogen-bond acceptors (Lipinski definition) is 3. The molecule has 0 spiro atoms. The predicted octanol–water partition coefficient (Wildman–Crippen LogP) is 6.23. The molecule has 7 heteroatoms. The molecule has 1 unspecified atom stereocenters. The number of benzene rings is 2. The zero-order valence-electron chi connectivity index (χ0n) is 17.9. The molecule has 1 heterocycles. The first-order valence-corrected chi connectivity index (χ1v) is 11.2. The monoisotopic (exact) mass is 449 g/mol. The summed E-state index contributed by atoms with van der Waals surface area (Å²) in [4.78, 5) is 9.12. The summed E-state index contributed by atoms with van der Waals surface area (Å²) in [5.41, 5.74) is 2.83. The summed E-state index contributed by atoms with van der Waals surface area (Å²) in [6.07, 6.45) is 7.85. The summed E-state index contributed by atoms with van der Waals surface area (Å²) < 4.78 is 13.8. The summed E-state index contributed by atoms with van der Waals surface area (Å²) in [7, 11) is 0. The highest BCUT2D eigenvalue weighted by Crippen LogP contribution is 2.40. The van der Waals surface area contributed by atoms with Gasteiger partial charge in [-0.3, -0.25) is 10.3 Å². The lowest BCUT2D eigenvalue weighted by atomic mass is 9.76. The molecular weight excluding hydrogens is 425 g/mol. The molecule has 5 nitrogen and oxygen atoms in total. The zero-order valence-corrected chi connectivity index (χ0v) is 18.6. The van der Waals surface area contributed by atoms with Crippen LogP contribution in [0.1, 0.15) is 44.1 Å². The Morgan fingerprint density at radius 1 is 1.16 bits per heavy atom. The van der Waals surface area contributed by atoms with Crippen LogP contribution < -0.4 is 10.6 Å². The maximum absolute atomic E-state index is 13.8. The largest absolute Gasteiger partial charge is 0.326 e. The fourth-order valence-corrected chi connectivity index (χ4v) is 4.66. The molecule has 3 aromatic rings. The first kappa shape index (κ1) is 22.0. The van der Waals surface area contributed by atoms with Gasteiger partial charge in [0.1, 0.15) is 5.82 Å². The average molecular weight is 450 g/mol. The summed E-state index contributed by atoms with van der Waals surface area (Å²) in [5.74, 6) is 1.01. The molecule has 0 saturated heterocycles. The van der Waals surface area contributed by atoms with Crippen molar-refractivity contribution < 1.29 is 4.39 Å². The molecule has 0 radical (unpaired) electrons. The summed E-state index contributed by atoms with van der Waals surface area (Å²) in [6.45, 7) is 2.09. The Hall–Kier alpha value is -3.17. The van der Waals surface area contributed by atoms with Crippen LogP contribution in [-0.2, 0) is 0 Å². The van der Waals surface area contributed by atoms with E-state index in [1.807, 2.05) is 30.6 Å². The molecule has 0 bridgehead atoms. The third-order valence-electron chi connectivity index (χ3n) is 6.25. The van der Waals surface area contributed by atoms with Crippen molar-refractivity contribution in [3.63, 3.8) is 0 Å². The van der Waals surface area contributed by atoms with Crippen molar-refractivity contribution >= 4 is 34.2 Å². The minimum Gasteiger partial charge on any atom is -0.326 e. The molecule has 1 aromatic heterocycles. The van der Waals surface area contributed by atoms with Crippen molar-refractivity contribution in [2.45, 2.75) is 44.6 Å². The van der Waals surface area contributed by atoms with E-state index in [-0.39, 0.29) is 11.9 Å². The molecule has 1 aliphatic rings. The number of guanidine groups is 1. The van der Waals surface area contributed by atoms with Crippen molar-refractivity contribution in [3.05, 3.63) is 71.1 Å². The standard InChI is InChI=1S/C25H25ClFN5/c1-16(31-25(30-15-28)32-21-9-6-19(26)7-10-21)17-2-4-18(5-3-17)22-12-13-29-24-11-8-20(27)14-23(22)24/h6-14,16-18H,2-5H2,1H3,(H2,30,31,32). The van der Waals surface area contributed by atoms with Gasteiger partial charge in [0.25, 0.3) is 0 Å². The number of nitrogens with one attached hydrogen (secondary N) is 2. The van der Waals surface area contributed by atoms with Crippen LogP contribution >= 0.6 is 11.6 Å². The Labute approximate surface area is 192 Å². The third-order valence-corrected chi connectivity index (χ3v) is 6.50. The number of aliphatic imine (C=N–C) groups is 1. The van der Waals surface area contributed by atoms with Crippen molar-refractivity contribution in [1.29, 1.82) is 5.26 Å². The van der Waals surface area contributed by atoms with Gasteiger partial charge < -0.3 is 5.32 Å². The van der Waals surface area contributed by atoms with E-state index >= 15 is 0 Å². The highest BCUT2D eigenvalue weighted by molar-refractivity contribution is 6.30. The fourth-order valence-electron chi connectivity index (χ4n) is 4.54. The van der Waals surface area contributed by atoms with Crippen LogP contribution in [0.4, 0.5) is 10.1 Å². The maximum Gasteiger partial charge on any atom is 0.209 e. The van der Waals surface area contributed by atoms with E-state index in [9.17, 15) is 4.39 Å². The van der Waals surface area contributed by atoms with E-state index in [0.717, 1.165) is 42.3 Å². The minimum absolute atomic E-state index is 0.0539. The van der Waals surface area contributed by atoms with E-state index in [0.29, 0.717) is 22.8 Å². The van der Waals surface area contributed by atoms with Gasteiger partial charge in [-0.15, -0.1) is 0 Å². The smallest absolute Gasteiger partial charge is 0.209 e. The van der Waals surface area contributed by atoms with E-state index in [4.69, 9.17) is 21.9 Å². The molecule has 2 N–H and O–H groups in total. The van der Waals surface area contributed by atoms with Gasteiger partial charge in [-0.2, -0.15) is 5.26 Å². The number of aromatic nitrogens is 1. The highest BCUT2D eigenvalue weighted by Gasteiger charge is 2.27. The molecule has 32 heavy (non-hydrogen) atoms. The Bertz CT molecular complexity index is 1150. The van der Waals surface area contributed by atoms with E-state index in [2.05, 4.69) is 22.5 Å². The van der Waals surface area contributed by atoms with Gasteiger partial charge in [0, 0.05) is 22.3 Å². The summed E-state index contributed by atoms with van der Waals surface area (Å²) in [6, 6.07) is 14.1. The molecule has 1 saturated carbocycles. The number of nitrogens with zero attached hydrogens (tertiary/aromatic N) is 3. The second kappa shape index (κ2) is 9.97. The molecular formula is C25H25ClFN5. The molecule has 4 rings (SSSR count). The number of rotatable bonds is 4. The summed E-state index contributed by atoms with van der Waals surface area (Å²) >= 11 is 5.94. The fraction of sp³-hybridized carbons (Fsp3) is 0.320. The quantitative estimate of drug-likeness (QED) is 0.214. The Morgan fingerprint density at radius 3 is 2.62 bits per heavy atom. The number of anilines is 1. The maximum atomic E-state index is 13.8. The van der Waals surface area contributed by atoms with Crippen LogP contribution in [0.3, 0.4) is 0 Å². The molecule has 164 valence electrons. The second-order valence-corrected chi connectivity index (χ2v) is 8.70. The van der Waals surface area contributed by atoms with Gasteiger partial charge in [0.2, 0.25) is 5.96 Å². The lowest BCUT2D eigenvalue weighted by Crippen LogP contribution is -2.31. The number of nitriles is 1. The number of fused-ring (bicyclic) bond motifs is 1. The van der Waals surface area contributed by atoms with Crippen molar-refractivity contribution in [1.82, 2.24) is 10.3 Å². The van der Waals surface area contributed by atoms with Gasteiger partial charge in [-0.05, 0) is 98.5 Å². The first-order valence-electron chi connectivity index (χ1n) is 10.8. The topological polar surface area (TPSA) is 73.1 Å². The number of halogens is 2. The van der Waals surface area contributed by atoms with Crippen LogP contribution in [0.5, 0.6) is 0 Å². The second-order valence-electron chi connectivity index (χ2n) is 8.26. The highest BCUT2D eigenvalue weighted by atomic mass is 35.5. The van der Waals surface area contributed by atoms with Crippen LogP contribution in [-0.4, -0.2) is 17.0 Å². The number of hydrogen-bond donors (Lipinski definition) is 2. The Morgan fingerprint density at radius 2 is 1.91 bits per heavy atom. The number of pyridine rings is 1. The molecule has 1 aliphatic carbocycles. The molecule has 0 aliphatic heterocycles. The Balaban J connectivity index is 1.43. The van der Waals surface area contributed by atoms with Gasteiger partial charge in [0.05, 0.1) is 11.6 Å². The van der Waals surface area contributed by atoms with Crippen molar-refractivity contribution in [2.75, 3.05) is 5.32 Å².